The lowest BCUT2D eigenvalue weighted by Gasteiger charge is -2.10. The van der Waals surface area contributed by atoms with Crippen LogP contribution in [0.1, 0.15) is 0 Å². The Morgan fingerprint density at radius 1 is 1.00 bits per heavy atom. The second-order valence-corrected chi connectivity index (χ2v) is 5.52. The van der Waals surface area contributed by atoms with Gasteiger partial charge in [-0.1, -0.05) is 24.3 Å². The van der Waals surface area contributed by atoms with Crippen molar-refractivity contribution < 1.29 is 14.3 Å². The summed E-state index contributed by atoms with van der Waals surface area (Å²) < 4.78 is 12.2. The van der Waals surface area contributed by atoms with E-state index in [9.17, 15) is 4.79 Å². The van der Waals surface area contributed by atoms with Crippen LogP contribution in [0.4, 0.5) is 0 Å². The molecule has 0 saturated carbocycles. The van der Waals surface area contributed by atoms with Crippen LogP contribution < -0.4 is 15.2 Å². The van der Waals surface area contributed by atoms with Crippen molar-refractivity contribution in [3.63, 3.8) is 0 Å². The Labute approximate surface area is 145 Å². The highest BCUT2D eigenvalue weighted by atomic mass is 16.5. The lowest BCUT2D eigenvalue weighted by Crippen LogP contribution is -2.18. The zero-order chi connectivity index (χ0) is 17.8. The van der Waals surface area contributed by atoms with Crippen LogP contribution in [0, 0.1) is 0 Å². The summed E-state index contributed by atoms with van der Waals surface area (Å²) in [5.41, 5.74) is 8.98. The van der Waals surface area contributed by atoms with E-state index in [2.05, 4.69) is 5.10 Å². The molecule has 0 atom stereocenters. The van der Waals surface area contributed by atoms with Crippen LogP contribution in [0.5, 0.6) is 11.5 Å². The number of amides is 1. The number of carbonyl (C=O) groups is 1. The van der Waals surface area contributed by atoms with Crippen LogP contribution in [-0.4, -0.2) is 29.9 Å². The van der Waals surface area contributed by atoms with Gasteiger partial charge in [-0.3, -0.25) is 9.48 Å². The number of rotatable bonds is 6. The van der Waals surface area contributed by atoms with E-state index in [1.165, 1.54) is 4.68 Å². The van der Waals surface area contributed by atoms with Crippen molar-refractivity contribution in [1.29, 1.82) is 0 Å². The topological polar surface area (TPSA) is 79.4 Å². The second-order valence-electron chi connectivity index (χ2n) is 5.52. The number of nitrogens with zero attached hydrogens (tertiary/aromatic N) is 2. The van der Waals surface area contributed by atoms with Gasteiger partial charge in [0.1, 0.15) is 6.54 Å². The van der Waals surface area contributed by atoms with Crippen LogP contribution in [0.3, 0.4) is 0 Å². The zero-order valence-electron chi connectivity index (χ0n) is 14.1. The second kappa shape index (κ2) is 7.09. The molecule has 0 saturated heterocycles. The average Bonchev–Trinajstić information content (AvgIpc) is 3.09. The zero-order valence-corrected chi connectivity index (χ0v) is 14.1. The average molecular weight is 337 g/mol. The molecular formula is C19H19N3O3. The van der Waals surface area contributed by atoms with Gasteiger partial charge in [-0.05, 0) is 35.4 Å². The molecule has 1 aromatic heterocycles. The third-order valence-electron chi connectivity index (χ3n) is 3.83. The molecule has 0 fully saturated rings. The number of hydrogen-bond donors (Lipinski definition) is 1. The number of ether oxygens (including phenoxy) is 2. The summed E-state index contributed by atoms with van der Waals surface area (Å²) in [6.07, 6.45) is 1.74. The minimum absolute atomic E-state index is 0.0649. The molecule has 0 aliphatic heterocycles. The molecule has 25 heavy (non-hydrogen) atoms. The van der Waals surface area contributed by atoms with Gasteiger partial charge in [0.2, 0.25) is 5.91 Å². The Kier molecular flexibility index (Phi) is 4.70. The Morgan fingerprint density at radius 2 is 1.72 bits per heavy atom. The summed E-state index contributed by atoms with van der Waals surface area (Å²) in [6, 6.07) is 15.6. The summed E-state index contributed by atoms with van der Waals surface area (Å²) in [6.45, 7) is 0.0649. The summed E-state index contributed by atoms with van der Waals surface area (Å²) in [7, 11) is 3.23. The number of benzene rings is 2. The van der Waals surface area contributed by atoms with Crippen molar-refractivity contribution in [2.45, 2.75) is 6.54 Å². The van der Waals surface area contributed by atoms with Gasteiger partial charge in [0.05, 0.1) is 19.9 Å². The molecule has 2 aromatic carbocycles. The van der Waals surface area contributed by atoms with E-state index in [1.807, 2.05) is 48.5 Å². The molecule has 1 heterocycles. The molecule has 128 valence electrons. The molecule has 0 aliphatic carbocycles. The predicted octanol–water partition coefficient (Wildman–Crippen LogP) is 2.72. The first-order valence-corrected chi connectivity index (χ1v) is 7.75. The van der Waals surface area contributed by atoms with E-state index in [0.717, 1.165) is 22.4 Å². The normalized spacial score (nSPS) is 10.5. The van der Waals surface area contributed by atoms with Crippen molar-refractivity contribution in [3.05, 3.63) is 54.7 Å². The highest BCUT2D eigenvalue weighted by Crippen LogP contribution is 2.33. The maximum absolute atomic E-state index is 11.0. The first kappa shape index (κ1) is 16.6. The largest absolute Gasteiger partial charge is 0.493 e. The molecule has 3 rings (SSSR count). The summed E-state index contributed by atoms with van der Waals surface area (Å²) in [4.78, 5) is 11.0. The van der Waals surface area contributed by atoms with Crippen molar-refractivity contribution in [3.8, 4) is 33.9 Å². The van der Waals surface area contributed by atoms with Crippen LogP contribution in [0.25, 0.3) is 22.4 Å². The van der Waals surface area contributed by atoms with E-state index in [0.29, 0.717) is 11.5 Å². The van der Waals surface area contributed by atoms with Crippen molar-refractivity contribution in [2.75, 3.05) is 14.2 Å². The third-order valence-corrected chi connectivity index (χ3v) is 3.83. The lowest BCUT2D eigenvalue weighted by molar-refractivity contribution is -0.118. The lowest BCUT2D eigenvalue weighted by atomic mass is 10.0. The molecule has 0 unspecified atom stereocenters. The minimum atomic E-state index is -0.422. The van der Waals surface area contributed by atoms with Crippen molar-refractivity contribution in [1.82, 2.24) is 9.78 Å². The van der Waals surface area contributed by atoms with Gasteiger partial charge >= 0.3 is 0 Å². The summed E-state index contributed by atoms with van der Waals surface area (Å²) >= 11 is 0. The highest BCUT2D eigenvalue weighted by molar-refractivity contribution is 5.74. The van der Waals surface area contributed by atoms with Gasteiger partial charge in [0.25, 0.3) is 0 Å². The predicted molar refractivity (Wildman–Crippen MR) is 95.4 cm³/mol. The molecule has 3 aromatic rings. The molecular weight excluding hydrogens is 318 g/mol. The molecule has 0 spiro atoms. The number of carbonyl (C=O) groups excluding carboxylic acids is 1. The SMILES string of the molecule is COc1ccc(-c2cccc(-c3ccn(CC(N)=O)n3)c2)cc1OC. The van der Waals surface area contributed by atoms with E-state index < -0.39 is 5.91 Å². The standard InChI is InChI=1S/C19H19N3O3/c1-24-17-7-6-14(11-18(17)25-2)13-4-3-5-15(10-13)16-8-9-22(21-16)12-19(20)23/h3-11H,12H2,1-2H3,(H2,20,23). The fourth-order valence-corrected chi connectivity index (χ4v) is 2.64. The first-order chi connectivity index (χ1) is 12.1. The molecule has 1 amide bonds. The molecule has 2 N–H and O–H groups in total. The number of nitrogens with two attached hydrogens (primary N) is 1. The van der Waals surface area contributed by atoms with Crippen LogP contribution in [0.15, 0.2) is 54.7 Å². The number of aromatic nitrogens is 2. The summed E-state index contributed by atoms with van der Waals surface area (Å²) in [5, 5.41) is 4.39. The van der Waals surface area contributed by atoms with Gasteiger partial charge in [-0.2, -0.15) is 5.10 Å². The number of methoxy groups -OCH3 is 2. The molecule has 0 aliphatic rings. The van der Waals surface area contributed by atoms with Gasteiger partial charge in [-0.25, -0.2) is 0 Å². The number of primary amides is 1. The van der Waals surface area contributed by atoms with Gasteiger partial charge in [0.15, 0.2) is 11.5 Å². The quantitative estimate of drug-likeness (QED) is 0.750. The van der Waals surface area contributed by atoms with Gasteiger partial charge in [-0.15, -0.1) is 0 Å². The molecule has 0 radical (unpaired) electrons. The fraction of sp³-hybridized carbons (Fsp3) is 0.158. The number of hydrogen-bond acceptors (Lipinski definition) is 4. The maximum atomic E-state index is 11.0. The van der Waals surface area contributed by atoms with E-state index in [4.69, 9.17) is 15.2 Å². The molecule has 6 heteroatoms. The minimum Gasteiger partial charge on any atom is -0.493 e. The Hall–Kier alpha value is -3.28. The maximum Gasteiger partial charge on any atom is 0.239 e. The summed E-state index contributed by atoms with van der Waals surface area (Å²) in [5.74, 6) is 0.942. The van der Waals surface area contributed by atoms with Crippen molar-refractivity contribution >= 4 is 5.91 Å². The van der Waals surface area contributed by atoms with Gasteiger partial charge in [0, 0.05) is 11.8 Å². The fourth-order valence-electron chi connectivity index (χ4n) is 2.64. The monoisotopic (exact) mass is 337 g/mol. The smallest absolute Gasteiger partial charge is 0.239 e. The molecule has 6 nitrogen and oxygen atoms in total. The van der Waals surface area contributed by atoms with Gasteiger partial charge < -0.3 is 15.2 Å². The van der Waals surface area contributed by atoms with Crippen LogP contribution in [0.2, 0.25) is 0 Å². The van der Waals surface area contributed by atoms with Crippen LogP contribution in [-0.2, 0) is 11.3 Å². The Balaban J connectivity index is 1.94. The van der Waals surface area contributed by atoms with Crippen molar-refractivity contribution in [2.24, 2.45) is 5.73 Å². The van der Waals surface area contributed by atoms with Crippen LogP contribution >= 0.6 is 0 Å². The Morgan fingerprint density at radius 3 is 2.44 bits per heavy atom. The van der Waals surface area contributed by atoms with E-state index in [-0.39, 0.29) is 6.54 Å². The van der Waals surface area contributed by atoms with E-state index >= 15 is 0 Å². The highest BCUT2D eigenvalue weighted by Gasteiger charge is 2.09. The Bertz CT molecular complexity index is 902. The molecule has 0 bridgehead atoms. The van der Waals surface area contributed by atoms with E-state index in [1.54, 1.807) is 20.4 Å². The first-order valence-electron chi connectivity index (χ1n) is 7.75. The third kappa shape index (κ3) is 3.63.